The third-order valence-corrected chi connectivity index (χ3v) is 4.52. The zero-order valence-corrected chi connectivity index (χ0v) is 15.4. The Kier molecular flexibility index (Phi) is 7.26. The van der Waals surface area contributed by atoms with Crippen LogP contribution in [0.15, 0.2) is 48.5 Å². The molecule has 0 spiro atoms. The van der Waals surface area contributed by atoms with Gasteiger partial charge >= 0.3 is 6.61 Å². The molecule has 0 fully saturated rings. The summed E-state index contributed by atoms with van der Waals surface area (Å²) in [4.78, 5) is 12.6. The molecule has 4 nitrogen and oxygen atoms in total. The standard InChI is InChI=1S/C19H21F2NO3S/c1-3-16(15-9-4-5-10-17(15)25-19(20)21)22-18(23)14-8-6-7-13(11-14)12-26(2)24/h4-11,16,19H,3,12H2,1-2H3,(H,22,23)/t16-,26-/m0/s1. The lowest BCUT2D eigenvalue weighted by Crippen LogP contribution is -2.28. The molecule has 0 aliphatic rings. The van der Waals surface area contributed by atoms with E-state index < -0.39 is 23.5 Å². The zero-order chi connectivity index (χ0) is 19.1. The quantitative estimate of drug-likeness (QED) is 0.751. The number of rotatable bonds is 8. The molecule has 2 aromatic carbocycles. The molecule has 1 N–H and O–H groups in total. The van der Waals surface area contributed by atoms with Crippen LogP contribution in [0.25, 0.3) is 0 Å². The fourth-order valence-electron chi connectivity index (χ4n) is 2.65. The lowest BCUT2D eigenvalue weighted by Gasteiger charge is -2.20. The molecule has 7 heteroatoms. The fraction of sp³-hybridized carbons (Fsp3) is 0.316. The summed E-state index contributed by atoms with van der Waals surface area (Å²) in [5.41, 5.74) is 1.72. The Balaban J connectivity index is 2.20. The van der Waals surface area contributed by atoms with Gasteiger partial charge in [0, 0.05) is 33.9 Å². The van der Waals surface area contributed by atoms with E-state index in [1.54, 1.807) is 48.7 Å². The predicted molar refractivity (Wildman–Crippen MR) is 97.8 cm³/mol. The van der Waals surface area contributed by atoms with Crippen molar-refractivity contribution in [1.82, 2.24) is 5.32 Å². The minimum absolute atomic E-state index is 0.0461. The number of amides is 1. The van der Waals surface area contributed by atoms with Gasteiger partial charge in [0.25, 0.3) is 5.91 Å². The van der Waals surface area contributed by atoms with E-state index >= 15 is 0 Å². The van der Waals surface area contributed by atoms with Crippen molar-refractivity contribution < 1.29 is 22.5 Å². The number of para-hydroxylation sites is 1. The number of ether oxygens (including phenoxy) is 1. The highest BCUT2D eigenvalue weighted by Crippen LogP contribution is 2.28. The summed E-state index contributed by atoms with van der Waals surface area (Å²) in [5.74, 6) is 0.0841. The van der Waals surface area contributed by atoms with E-state index in [-0.39, 0.29) is 11.7 Å². The summed E-state index contributed by atoms with van der Waals surface area (Å²) in [6.45, 7) is -1.09. The number of carbonyl (C=O) groups is 1. The molecular weight excluding hydrogens is 360 g/mol. The van der Waals surface area contributed by atoms with Gasteiger partial charge in [0.1, 0.15) is 5.75 Å². The van der Waals surface area contributed by atoms with Crippen molar-refractivity contribution in [1.29, 1.82) is 0 Å². The number of nitrogens with one attached hydrogen (secondary N) is 1. The van der Waals surface area contributed by atoms with Crippen molar-refractivity contribution in [3.63, 3.8) is 0 Å². The number of carbonyl (C=O) groups excluding carboxylic acids is 1. The number of hydrogen-bond donors (Lipinski definition) is 1. The Bertz CT molecular complexity index is 783. The molecule has 0 heterocycles. The van der Waals surface area contributed by atoms with Crippen molar-refractivity contribution in [2.45, 2.75) is 31.8 Å². The highest BCUT2D eigenvalue weighted by molar-refractivity contribution is 7.83. The smallest absolute Gasteiger partial charge is 0.387 e. The molecule has 2 aromatic rings. The molecule has 0 aromatic heterocycles. The molecule has 1 amide bonds. The summed E-state index contributed by atoms with van der Waals surface area (Å²) >= 11 is 0. The van der Waals surface area contributed by atoms with Crippen LogP contribution in [-0.2, 0) is 16.6 Å². The molecular formula is C19H21F2NO3S. The Morgan fingerprint density at radius 2 is 1.92 bits per heavy atom. The highest BCUT2D eigenvalue weighted by atomic mass is 32.2. The van der Waals surface area contributed by atoms with Gasteiger partial charge in [0.05, 0.1) is 6.04 Å². The van der Waals surface area contributed by atoms with Crippen LogP contribution in [0, 0.1) is 0 Å². The third kappa shape index (κ3) is 5.62. The van der Waals surface area contributed by atoms with Crippen molar-refractivity contribution in [2.24, 2.45) is 0 Å². The predicted octanol–water partition coefficient (Wildman–Crippen LogP) is 4.05. The molecule has 0 bridgehead atoms. The first-order chi connectivity index (χ1) is 12.4. The average Bonchev–Trinajstić information content (AvgIpc) is 2.59. The summed E-state index contributed by atoms with van der Waals surface area (Å²) < 4.78 is 41.1. The van der Waals surface area contributed by atoms with Crippen LogP contribution in [0.1, 0.15) is 40.9 Å². The number of hydrogen-bond acceptors (Lipinski definition) is 3. The van der Waals surface area contributed by atoms with E-state index in [2.05, 4.69) is 10.1 Å². The van der Waals surface area contributed by atoms with Gasteiger partial charge < -0.3 is 10.1 Å². The minimum atomic E-state index is -2.93. The molecule has 2 atom stereocenters. The Hall–Kier alpha value is -2.28. The number of halogens is 2. The zero-order valence-electron chi connectivity index (χ0n) is 14.6. The molecule has 0 aliphatic carbocycles. The van der Waals surface area contributed by atoms with Gasteiger partial charge in [-0.3, -0.25) is 9.00 Å². The van der Waals surface area contributed by atoms with Gasteiger partial charge in [-0.2, -0.15) is 8.78 Å². The molecule has 0 unspecified atom stereocenters. The van der Waals surface area contributed by atoms with Gasteiger partial charge in [0.15, 0.2) is 0 Å². The number of benzene rings is 2. The Morgan fingerprint density at radius 3 is 2.58 bits per heavy atom. The summed E-state index contributed by atoms with van der Waals surface area (Å²) in [6, 6.07) is 12.8. The molecule has 2 rings (SSSR count). The summed E-state index contributed by atoms with van der Waals surface area (Å²) in [7, 11) is -1.01. The van der Waals surface area contributed by atoms with E-state index in [0.29, 0.717) is 23.3 Å². The topological polar surface area (TPSA) is 55.4 Å². The van der Waals surface area contributed by atoms with E-state index in [4.69, 9.17) is 0 Å². The lowest BCUT2D eigenvalue weighted by atomic mass is 10.0. The fourth-order valence-corrected chi connectivity index (χ4v) is 3.30. The first-order valence-electron chi connectivity index (χ1n) is 8.14. The number of alkyl halides is 2. The Morgan fingerprint density at radius 1 is 1.19 bits per heavy atom. The monoisotopic (exact) mass is 381 g/mol. The molecule has 0 aliphatic heterocycles. The first-order valence-corrected chi connectivity index (χ1v) is 9.87. The molecule has 0 saturated heterocycles. The second-order valence-electron chi connectivity index (χ2n) is 5.77. The normalized spacial score (nSPS) is 13.3. The van der Waals surface area contributed by atoms with Crippen LogP contribution < -0.4 is 10.1 Å². The first kappa shape index (κ1) is 20.0. The average molecular weight is 381 g/mol. The van der Waals surface area contributed by atoms with Gasteiger partial charge in [-0.15, -0.1) is 0 Å². The van der Waals surface area contributed by atoms with Gasteiger partial charge in [-0.05, 0) is 30.2 Å². The summed E-state index contributed by atoms with van der Waals surface area (Å²) in [5, 5.41) is 2.85. The molecule has 26 heavy (non-hydrogen) atoms. The maximum absolute atomic E-state index is 12.6. The maximum Gasteiger partial charge on any atom is 0.387 e. The van der Waals surface area contributed by atoms with Gasteiger partial charge in [-0.25, -0.2) is 0 Å². The molecule has 140 valence electrons. The van der Waals surface area contributed by atoms with E-state index in [1.165, 1.54) is 6.07 Å². The van der Waals surface area contributed by atoms with Crippen LogP contribution in [0.5, 0.6) is 5.75 Å². The van der Waals surface area contributed by atoms with Crippen molar-refractivity contribution in [3.05, 3.63) is 65.2 Å². The van der Waals surface area contributed by atoms with E-state index in [1.807, 2.05) is 6.92 Å². The van der Waals surface area contributed by atoms with Crippen molar-refractivity contribution in [2.75, 3.05) is 6.26 Å². The van der Waals surface area contributed by atoms with Crippen LogP contribution in [0.3, 0.4) is 0 Å². The minimum Gasteiger partial charge on any atom is -0.434 e. The maximum atomic E-state index is 12.6. The molecule has 0 radical (unpaired) electrons. The second-order valence-corrected chi connectivity index (χ2v) is 7.20. The largest absolute Gasteiger partial charge is 0.434 e. The van der Waals surface area contributed by atoms with Gasteiger partial charge in [-0.1, -0.05) is 37.3 Å². The van der Waals surface area contributed by atoms with Crippen LogP contribution in [0.4, 0.5) is 8.78 Å². The van der Waals surface area contributed by atoms with Gasteiger partial charge in [0.2, 0.25) is 0 Å². The SMILES string of the molecule is CC[C@H](NC(=O)c1cccc(C[S@](C)=O)c1)c1ccccc1OC(F)F. The van der Waals surface area contributed by atoms with Crippen molar-refractivity contribution >= 4 is 16.7 Å². The second kappa shape index (κ2) is 9.43. The summed E-state index contributed by atoms with van der Waals surface area (Å²) in [6.07, 6.45) is 2.10. The van der Waals surface area contributed by atoms with Crippen LogP contribution >= 0.6 is 0 Å². The third-order valence-electron chi connectivity index (χ3n) is 3.78. The molecule has 0 saturated carbocycles. The van der Waals surface area contributed by atoms with E-state index in [0.717, 1.165) is 5.56 Å². The van der Waals surface area contributed by atoms with Crippen LogP contribution in [0.2, 0.25) is 0 Å². The van der Waals surface area contributed by atoms with Crippen molar-refractivity contribution in [3.8, 4) is 5.75 Å². The Labute approximate surface area is 154 Å². The lowest BCUT2D eigenvalue weighted by molar-refractivity contribution is -0.0506. The van der Waals surface area contributed by atoms with Crippen LogP contribution in [-0.4, -0.2) is 23.0 Å². The highest BCUT2D eigenvalue weighted by Gasteiger charge is 2.19. The van der Waals surface area contributed by atoms with E-state index in [9.17, 15) is 17.8 Å².